The smallest absolute Gasteiger partial charge is 0.331 e. The number of methoxy groups -OCH3 is 1. The summed E-state index contributed by atoms with van der Waals surface area (Å²) in [7, 11) is 1.63. The Morgan fingerprint density at radius 1 is 1.30 bits per heavy atom. The van der Waals surface area contributed by atoms with Crippen LogP contribution in [0.1, 0.15) is 26.5 Å². The van der Waals surface area contributed by atoms with E-state index in [1.165, 1.54) is 6.08 Å². The van der Waals surface area contributed by atoms with Gasteiger partial charge in [0, 0.05) is 17.2 Å². The summed E-state index contributed by atoms with van der Waals surface area (Å²) in [6.45, 7) is 5.52. The average Bonchev–Trinajstić information content (AvgIpc) is 2.76. The van der Waals surface area contributed by atoms with Crippen molar-refractivity contribution < 1.29 is 14.3 Å². The van der Waals surface area contributed by atoms with E-state index in [2.05, 4.69) is 4.98 Å². The van der Waals surface area contributed by atoms with Crippen molar-refractivity contribution in [3.63, 3.8) is 0 Å². The molecular weight excluding hydrogens is 254 g/mol. The summed E-state index contributed by atoms with van der Waals surface area (Å²) in [5.41, 5.74) is 1.26. The second-order valence-corrected chi connectivity index (χ2v) is 5.52. The second kappa shape index (κ2) is 5.41. The lowest BCUT2D eigenvalue weighted by Crippen LogP contribution is -2.22. The average molecular weight is 273 g/mol. The van der Waals surface area contributed by atoms with Gasteiger partial charge < -0.3 is 14.5 Å². The SMILES string of the molecule is COc1cccc2cc(C=CC(=O)OC(C)(C)C)[nH]c12. The first kappa shape index (κ1) is 14.2. The van der Waals surface area contributed by atoms with E-state index in [-0.39, 0.29) is 5.97 Å². The summed E-state index contributed by atoms with van der Waals surface area (Å²) in [5, 5.41) is 1.04. The molecule has 1 aromatic carbocycles. The van der Waals surface area contributed by atoms with Gasteiger partial charge in [-0.05, 0) is 39.0 Å². The molecule has 0 aliphatic carbocycles. The molecule has 0 saturated carbocycles. The predicted octanol–water partition coefficient (Wildman–Crippen LogP) is 3.53. The minimum Gasteiger partial charge on any atom is -0.495 e. The number of aromatic nitrogens is 1. The maximum Gasteiger partial charge on any atom is 0.331 e. The number of hydrogen-bond donors (Lipinski definition) is 1. The second-order valence-electron chi connectivity index (χ2n) is 5.52. The number of nitrogens with one attached hydrogen (secondary N) is 1. The first-order valence-corrected chi connectivity index (χ1v) is 6.46. The number of fused-ring (bicyclic) bond motifs is 1. The molecule has 0 radical (unpaired) electrons. The Kier molecular flexibility index (Phi) is 3.84. The van der Waals surface area contributed by atoms with Gasteiger partial charge in [-0.2, -0.15) is 0 Å². The minimum absolute atomic E-state index is 0.358. The van der Waals surface area contributed by atoms with Crippen LogP contribution in [0, 0.1) is 0 Å². The van der Waals surface area contributed by atoms with E-state index in [4.69, 9.17) is 9.47 Å². The van der Waals surface area contributed by atoms with Gasteiger partial charge in [-0.25, -0.2) is 4.79 Å². The number of esters is 1. The van der Waals surface area contributed by atoms with Gasteiger partial charge in [0.1, 0.15) is 11.4 Å². The Labute approximate surface area is 118 Å². The molecule has 0 unspecified atom stereocenters. The highest BCUT2D eigenvalue weighted by Crippen LogP contribution is 2.25. The van der Waals surface area contributed by atoms with Gasteiger partial charge in [-0.1, -0.05) is 12.1 Å². The lowest BCUT2D eigenvalue weighted by molar-refractivity contribution is -0.148. The molecule has 0 amide bonds. The standard InChI is InChI=1S/C16H19NO3/c1-16(2,3)20-14(18)9-8-12-10-11-6-5-7-13(19-4)15(11)17-12/h5-10,17H,1-4H3. The molecule has 0 bridgehead atoms. The number of H-pyrrole nitrogens is 1. The van der Waals surface area contributed by atoms with Gasteiger partial charge in [0.15, 0.2) is 0 Å². The number of hydrogen-bond acceptors (Lipinski definition) is 3. The van der Waals surface area contributed by atoms with Crippen molar-refractivity contribution in [2.24, 2.45) is 0 Å². The lowest BCUT2D eigenvalue weighted by atomic mass is 10.2. The monoisotopic (exact) mass is 273 g/mol. The van der Waals surface area contributed by atoms with E-state index in [9.17, 15) is 4.79 Å². The molecule has 106 valence electrons. The van der Waals surface area contributed by atoms with Crippen molar-refractivity contribution in [3.05, 3.63) is 36.0 Å². The van der Waals surface area contributed by atoms with Crippen LogP contribution in [0.15, 0.2) is 30.3 Å². The number of ether oxygens (including phenoxy) is 2. The summed E-state index contributed by atoms with van der Waals surface area (Å²) < 4.78 is 10.5. The number of rotatable bonds is 3. The van der Waals surface area contributed by atoms with Crippen LogP contribution in [0.25, 0.3) is 17.0 Å². The number of carbonyl (C=O) groups is 1. The summed E-state index contributed by atoms with van der Waals surface area (Å²) in [5.74, 6) is 0.419. The summed E-state index contributed by atoms with van der Waals surface area (Å²) in [6, 6.07) is 7.76. The van der Waals surface area contributed by atoms with E-state index in [1.807, 2.05) is 45.0 Å². The fourth-order valence-corrected chi connectivity index (χ4v) is 1.90. The van der Waals surface area contributed by atoms with Crippen molar-refractivity contribution in [2.45, 2.75) is 26.4 Å². The van der Waals surface area contributed by atoms with Crippen LogP contribution in [-0.4, -0.2) is 23.7 Å². The van der Waals surface area contributed by atoms with Crippen LogP contribution in [-0.2, 0) is 9.53 Å². The lowest BCUT2D eigenvalue weighted by Gasteiger charge is -2.17. The third-order valence-electron chi connectivity index (χ3n) is 2.66. The van der Waals surface area contributed by atoms with Gasteiger partial charge in [-0.15, -0.1) is 0 Å². The minimum atomic E-state index is -0.481. The molecule has 0 saturated heterocycles. The Hall–Kier alpha value is -2.23. The molecule has 0 fully saturated rings. The Balaban J connectivity index is 2.20. The number of carbonyl (C=O) groups excluding carboxylic acids is 1. The largest absolute Gasteiger partial charge is 0.495 e. The molecule has 1 heterocycles. The molecule has 4 heteroatoms. The quantitative estimate of drug-likeness (QED) is 0.687. The third kappa shape index (κ3) is 3.41. The van der Waals surface area contributed by atoms with E-state index in [1.54, 1.807) is 13.2 Å². The topological polar surface area (TPSA) is 51.3 Å². The molecule has 20 heavy (non-hydrogen) atoms. The Bertz CT molecular complexity index is 647. The molecule has 1 aromatic heterocycles. The fourth-order valence-electron chi connectivity index (χ4n) is 1.90. The van der Waals surface area contributed by atoms with Crippen LogP contribution in [0.5, 0.6) is 5.75 Å². The fraction of sp³-hybridized carbons (Fsp3) is 0.312. The molecule has 2 aromatic rings. The number of para-hydroxylation sites is 1. The maximum absolute atomic E-state index is 11.6. The molecular formula is C16H19NO3. The zero-order chi connectivity index (χ0) is 14.8. The number of aromatic amines is 1. The van der Waals surface area contributed by atoms with E-state index in [0.717, 1.165) is 22.3 Å². The van der Waals surface area contributed by atoms with Crippen LogP contribution < -0.4 is 4.74 Å². The van der Waals surface area contributed by atoms with Crippen LogP contribution >= 0.6 is 0 Å². The van der Waals surface area contributed by atoms with Crippen LogP contribution in [0.2, 0.25) is 0 Å². The van der Waals surface area contributed by atoms with Crippen molar-refractivity contribution in [2.75, 3.05) is 7.11 Å². The highest BCUT2D eigenvalue weighted by molar-refractivity contribution is 5.91. The first-order chi connectivity index (χ1) is 9.39. The van der Waals surface area contributed by atoms with Gasteiger partial charge in [0.2, 0.25) is 0 Å². The Morgan fingerprint density at radius 3 is 2.70 bits per heavy atom. The highest BCUT2D eigenvalue weighted by atomic mass is 16.6. The highest BCUT2D eigenvalue weighted by Gasteiger charge is 2.14. The van der Waals surface area contributed by atoms with E-state index >= 15 is 0 Å². The Morgan fingerprint density at radius 2 is 2.05 bits per heavy atom. The van der Waals surface area contributed by atoms with Crippen molar-refractivity contribution >= 4 is 22.9 Å². The predicted molar refractivity (Wildman–Crippen MR) is 79.7 cm³/mol. The molecule has 0 spiro atoms. The third-order valence-corrected chi connectivity index (χ3v) is 2.66. The van der Waals surface area contributed by atoms with Gasteiger partial charge >= 0.3 is 5.97 Å². The van der Waals surface area contributed by atoms with E-state index < -0.39 is 5.60 Å². The molecule has 2 rings (SSSR count). The molecule has 0 aliphatic rings. The van der Waals surface area contributed by atoms with Crippen molar-refractivity contribution in [1.82, 2.24) is 4.98 Å². The molecule has 0 atom stereocenters. The van der Waals surface area contributed by atoms with Gasteiger partial charge in [0.05, 0.1) is 12.6 Å². The summed E-state index contributed by atoms with van der Waals surface area (Å²) >= 11 is 0. The molecule has 1 N–H and O–H groups in total. The number of benzene rings is 1. The van der Waals surface area contributed by atoms with Gasteiger partial charge in [-0.3, -0.25) is 0 Å². The molecule has 4 nitrogen and oxygen atoms in total. The van der Waals surface area contributed by atoms with E-state index in [0.29, 0.717) is 0 Å². The molecule has 0 aliphatic heterocycles. The van der Waals surface area contributed by atoms with Gasteiger partial charge in [0.25, 0.3) is 0 Å². The maximum atomic E-state index is 11.6. The van der Waals surface area contributed by atoms with Crippen LogP contribution in [0.3, 0.4) is 0 Å². The van der Waals surface area contributed by atoms with Crippen molar-refractivity contribution in [3.8, 4) is 5.75 Å². The zero-order valence-electron chi connectivity index (χ0n) is 12.2. The zero-order valence-corrected chi connectivity index (χ0v) is 12.2. The normalized spacial score (nSPS) is 12.0. The van der Waals surface area contributed by atoms with Crippen LogP contribution in [0.4, 0.5) is 0 Å². The summed E-state index contributed by atoms with van der Waals surface area (Å²) in [6.07, 6.45) is 3.12. The summed E-state index contributed by atoms with van der Waals surface area (Å²) in [4.78, 5) is 14.8. The first-order valence-electron chi connectivity index (χ1n) is 6.46. The van der Waals surface area contributed by atoms with Crippen molar-refractivity contribution in [1.29, 1.82) is 0 Å².